The van der Waals surface area contributed by atoms with Gasteiger partial charge in [-0.3, -0.25) is 0 Å². The second-order valence-corrected chi connectivity index (χ2v) is 4.92. The Morgan fingerprint density at radius 1 is 1.24 bits per heavy atom. The Labute approximate surface area is 102 Å². The van der Waals surface area contributed by atoms with Crippen LogP contribution in [0, 0.1) is 0 Å². The van der Waals surface area contributed by atoms with Gasteiger partial charge in [0.1, 0.15) is 13.2 Å². The van der Waals surface area contributed by atoms with Crippen molar-refractivity contribution in [1.29, 1.82) is 0 Å². The van der Waals surface area contributed by atoms with E-state index in [-0.39, 0.29) is 0 Å². The Bertz CT molecular complexity index is 416. The summed E-state index contributed by atoms with van der Waals surface area (Å²) in [6.45, 7) is 5.66. The molecule has 0 aliphatic carbocycles. The second kappa shape index (κ2) is 4.22. The van der Waals surface area contributed by atoms with E-state index in [4.69, 9.17) is 14.2 Å². The number of ether oxygens (including phenoxy) is 3. The van der Waals surface area contributed by atoms with Gasteiger partial charge >= 0.3 is 0 Å². The minimum absolute atomic E-state index is 0.440. The van der Waals surface area contributed by atoms with Gasteiger partial charge < -0.3 is 14.2 Å². The summed E-state index contributed by atoms with van der Waals surface area (Å²) in [4.78, 5) is 0. The summed E-state index contributed by atoms with van der Waals surface area (Å²) in [5.74, 6) is 2.24. The number of benzene rings is 1. The van der Waals surface area contributed by atoms with Crippen molar-refractivity contribution >= 4 is 0 Å². The highest BCUT2D eigenvalue weighted by Crippen LogP contribution is 2.37. The first-order valence-corrected chi connectivity index (χ1v) is 6.29. The predicted octanol–water partition coefficient (Wildman–Crippen LogP) is 2.74. The van der Waals surface area contributed by atoms with E-state index in [1.165, 1.54) is 5.56 Å². The number of hydrogen-bond acceptors (Lipinski definition) is 3. The lowest BCUT2D eigenvalue weighted by Gasteiger charge is -2.20. The van der Waals surface area contributed by atoms with E-state index in [1.54, 1.807) is 0 Å². The molecule has 0 aromatic heterocycles. The smallest absolute Gasteiger partial charge is 0.161 e. The molecule has 1 fully saturated rings. The fourth-order valence-electron chi connectivity index (χ4n) is 2.33. The topological polar surface area (TPSA) is 31.0 Å². The van der Waals surface area contributed by atoms with Crippen LogP contribution in [0.3, 0.4) is 0 Å². The molecule has 3 rings (SSSR count). The van der Waals surface area contributed by atoms with Crippen LogP contribution >= 0.6 is 0 Å². The zero-order chi connectivity index (χ0) is 11.8. The molecule has 0 N–H and O–H groups in total. The Kier molecular flexibility index (Phi) is 2.71. The number of epoxide rings is 1. The van der Waals surface area contributed by atoms with E-state index in [2.05, 4.69) is 26.0 Å². The maximum absolute atomic E-state index is 5.60. The second-order valence-electron chi connectivity index (χ2n) is 4.92. The molecule has 2 aliphatic heterocycles. The van der Waals surface area contributed by atoms with Crippen LogP contribution in [0.15, 0.2) is 18.2 Å². The summed E-state index contributed by atoms with van der Waals surface area (Å²) in [6.07, 6.45) is 1.97. The van der Waals surface area contributed by atoms with Gasteiger partial charge in [-0.15, -0.1) is 0 Å². The van der Waals surface area contributed by atoms with E-state index in [9.17, 15) is 0 Å². The number of rotatable bonds is 3. The number of hydrogen-bond donors (Lipinski definition) is 0. The van der Waals surface area contributed by atoms with Crippen molar-refractivity contribution in [2.45, 2.75) is 38.4 Å². The molecule has 0 saturated carbocycles. The highest BCUT2D eigenvalue weighted by Gasteiger charge is 2.35. The SMILES string of the molecule is CC(CC1OC1C)c1ccc2c(c1)OCCO2. The predicted molar refractivity (Wildman–Crippen MR) is 64.8 cm³/mol. The zero-order valence-electron chi connectivity index (χ0n) is 10.3. The third-order valence-corrected chi connectivity index (χ3v) is 3.56. The Hall–Kier alpha value is -1.22. The van der Waals surface area contributed by atoms with Crippen molar-refractivity contribution in [3.8, 4) is 11.5 Å². The van der Waals surface area contributed by atoms with E-state index >= 15 is 0 Å². The van der Waals surface area contributed by atoms with Gasteiger partial charge in [-0.1, -0.05) is 13.0 Å². The van der Waals surface area contributed by atoms with Crippen LogP contribution in [-0.2, 0) is 4.74 Å². The maximum Gasteiger partial charge on any atom is 0.161 e. The quantitative estimate of drug-likeness (QED) is 0.753. The van der Waals surface area contributed by atoms with Crippen LogP contribution in [0.2, 0.25) is 0 Å². The highest BCUT2D eigenvalue weighted by atomic mass is 16.6. The first kappa shape index (κ1) is 10.9. The van der Waals surface area contributed by atoms with Gasteiger partial charge in [0.25, 0.3) is 0 Å². The van der Waals surface area contributed by atoms with Crippen LogP contribution in [-0.4, -0.2) is 25.4 Å². The van der Waals surface area contributed by atoms with Crippen LogP contribution in [0.25, 0.3) is 0 Å². The molecule has 1 aromatic rings. The van der Waals surface area contributed by atoms with Crippen molar-refractivity contribution in [1.82, 2.24) is 0 Å². The monoisotopic (exact) mass is 234 g/mol. The van der Waals surface area contributed by atoms with Crippen LogP contribution in [0.1, 0.15) is 31.7 Å². The minimum atomic E-state index is 0.440. The molecule has 0 spiro atoms. The highest BCUT2D eigenvalue weighted by molar-refractivity contribution is 5.44. The van der Waals surface area contributed by atoms with Crippen molar-refractivity contribution in [3.63, 3.8) is 0 Å². The summed E-state index contributed by atoms with van der Waals surface area (Å²) in [7, 11) is 0. The van der Waals surface area contributed by atoms with Crippen LogP contribution < -0.4 is 9.47 Å². The average Bonchev–Trinajstić information content (AvgIpc) is 3.04. The Balaban J connectivity index is 1.73. The molecule has 2 heterocycles. The molecule has 0 amide bonds. The summed E-state index contributed by atoms with van der Waals surface area (Å²) < 4.78 is 16.6. The van der Waals surface area contributed by atoms with E-state index < -0.39 is 0 Å². The third kappa shape index (κ3) is 2.25. The van der Waals surface area contributed by atoms with Gasteiger partial charge in [0.15, 0.2) is 11.5 Å². The Morgan fingerprint density at radius 3 is 2.65 bits per heavy atom. The van der Waals surface area contributed by atoms with Gasteiger partial charge in [0.2, 0.25) is 0 Å². The lowest BCUT2D eigenvalue weighted by atomic mass is 9.95. The molecule has 3 unspecified atom stereocenters. The molecule has 1 saturated heterocycles. The Morgan fingerprint density at radius 2 is 1.94 bits per heavy atom. The zero-order valence-corrected chi connectivity index (χ0v) is 10.3. The van der Waals surface area contributed by atoms with Crippen molar-refractivity contribution in [3.05, 3.63) is 23.8 Å². The molecule has 3 nitrogen and oxygen atoms in total. The van der Waals surface area contributed by atoms with Gasteiger partial charge in [0, 0.05) is 0 Å². The average molecular weight is 234 g/mol. The minimum Gasteiger partial charge on any atom is -0.486 e. The van der Waals surface area contributed by atoms with Crippen molar-refractivity contribution in [2.75, 3.05) is 13.2 Å². The molecule has 17 heavy (non-hydrogen) atoms. The van der Waals surface area contributed by atoms with Gasteiger partial charge in [-0.05, 0) is 37.0 Å². The molecule has 0 bridgehead atoms. The van der Waals surface area contributed by atoms with Crippen molar-refractivity contribution in [2.24, 2.45) is 0 Å². The molecule has 1 aromatic carbocycles. The third-order valence-electron chi connectivity index (χ3n) is 3.56. The van der Waals surface area contributed by atoms with Gasteiger partial charge in [0.05, 0.1) is 12.2 Å². The number of fused-ring (bicyclic) bond motifs is 1. The fraction of sp³-hybridized carbons (Fsp3) is 0.571. The summed E-state index contributed by atoms with van der Waals surface area (Å²) in [6, 6.07) is 6.24. The molecule has 3 atom stereocenters. The molecule has 0 radical (unpaired) electrons. The fourth-order valence-corrected chi connectivity index (χ4v) is 2.33. The first-order valence-electron chi connectivity index (χ1n) is 6.29. The maximum atomic E-state index is 5.60. The molecule has 2 aliphatic rings. The van der Waals surface area contributed by atoms with Gasteiger partial charge in [-0.25, -0.2) is 0 Å². The molecular formula is C14H18O3. The summed E-state index contributed by atoms with van der Waals surface area (Å²) in [5.41, 5.74) is 1.30. The molecular weight excluding hydrogens is 216 g/mol. The van der Waals surface area contributed by atoms with Crippen LogP contribution in [0.4, 0.5) is 0 Å². The first-order chi connectivity index (χ1) is 8.24. The van der Waals surface area contributed by atoms with Crippen LogP contribution in [0.5, 0.6) is 11.5 Å². The summed E-state index contributed by atoms with van der Waals surface area (Å²) >= 11 is 0. The molecule has 3 heteroatoms. The van der Waals surface area contributed by atoms with E-state index in [0.717, 1.165) is 17.9 Å². The van der Waals surface area contributed by atoms with E-state index in [0.29, 0.717) is 31.3 Å². The normalized spacial score (nSPS) is 27.6. The largest absolute Gasteiger partial charge is 0.486 e. The molecule has 92 valence electrons. The van der Waals surface area contributed by atoms with E-state index in [1.807, 2.05) is 6.07 Å². The lowest BCUT2D eigenvalue weighted by Crippen LogP contribution is -2.15. The van der Waals surface area contributed by atoms with Crippen molar-refractivity contribution < 1.29 is 14.2 Å². The summed E-state index contributed by atoms with van der Waals surface area (Å²) in [5, 5.41) is 0. The standard InChI is InChI=1S/C14H18O3/c1-9(7-13-10(2)17-13)11-3-4-12-14(8-11)16-6-5-15-12/h3-4,8-10,13H,5-7H2,1-2H3. The lowest BCUT2D eigenvalue weighted by molar-refractivity contribution is 0.171. The van der Waals surface area contributed by atoms with Gasteiger partial charge in [-0.2, -0.15) is 0 Å².